The van der Waals surface area contributed by atoms with Crippen molar-refractivity contribution >= 4 is 32.7 Å². The molecule has 2 aromatic heterocycles. The summed E-state index contributed by atoms with van der Waals surface area (Å²) in [5, 5.41) is 3.38. The SMILES string of the molecule is CCn1c(C(F)(F)COC)nc2sc(N3CCC[C@@H]3C(=O)NCc3ccccc3)nc2c1=O. The number of aromatic nitrogens is 3. The highest BCUT2D eigenvalue weighted by Gasteiger charge is 2.38. The van der Waals surface area contributed by atoms with Gasteiger partial charge in [-0.05, 0) is 25.3 Å². The first-order valence-corrected chi connectivity index (χ1v) is 11.5. The van der Waals surface area contributed by atoms with Crippen molar-refractivity contribution in [1.82, 2.24) is 19.9 Å². The van der Waals surface area contributed by atoms with Crippen molar-refractivity contribution in [2.75, 3.05) is 25.2 Å². The van der Waals surface area contributed by atoms with Crippen molar-refractivity contribution in [3.05, 3.63) is 52.1 Å². The summed E-state index contributed by atoms with van der Waals surface area (Å²) in [7, 11) is 1.17. The van der Waals surface area contributed by atoms with Gasteiger partial charge in [0.15, 0.2) is 21.3 Å². The molecule has 1 amide bonds. The molecule has 176 valence electrons. The fourth-order valence-electron chi connectivity index (χ4n) is 4.01. The smallest absolute Gasteiger partial charge is 0.327 e. The van der Waals surface area contributed by atoms with Gasteiger partial charge in [0, 0.05) is 26.7 Å². The lowest BCUT2D eigenvalue weighted by Crippen LogP contribution is -2.43. The van der Waals surface area contributed by atoms with E-state index in [2.05, 4.69) is 20.0 Å². The summed E-state index contributed by atoms with van der Waals surface area (Å²) in [5.74, 6) is -4.20. The number of thiazole rings is 1. The number of nitrogens with one attached hydrogen (secondary N) is 1. The molecule has 1 aliphatic heterocycles. The summed E-state index contributed by atoms with van der Waals surface area (Å²) in [5.41, 5.74) is 0.397. The number of fused-ring (bicyclic) bond motifs is 1. The molecule has 3 heterocycles. The minimum absolute atomic E-state index is 0.0253. The molecule has 0 spiro atoms. The topological polar surface area (TPSA) is 89.3 Å². The third kappa shape index (κ3) is 4.60. The van der Waals surface area contributed by atoms with E-state index in [1.165, 1.54) is 7.11 Å². The Bertz CT molecular complexity index is 1200. The molecule has 1 N–H and O–H groups in total. The number of amides is 1. The lowest BCUT2D eigenvalue weighted by Gasteiger charge is -2.23. The highest BCUT2D eigenvalue weighted by atomic mass is 32.1. The van der Waals surface area contributed by atoms with Crippen LogP contribution in [0.3, 0.4) is 0 Å². The third-order valence-corrected chi connectivity index (χ3v) is 6.57. The van der Waals surface area contributed by atoms with Gasteiger partial charge in [-0.1, -0.05) is 41.7 Å². The molecule has 1 saturated heterocycles. The maximum absolute atomic E-state index is 14.6. The summed E-state index contributed by atoms with van der Waals surface area (Å²) in [6.07, 6.45) is 1.42. The van der Waals surface area contributed by atoms with E-state index in [4.69, 9.17) is 0 Å². The lowest BCUT2D eigenvalue weighted by atomic mass is 10.2. The summed E-state index contributed by atoms with van der Waals surface area (Å²) in [6, 6.07) is 9.14. The molecule has 0 unspecified atom stereocenters. The Morgan fingerprint density at radius 2 is 2.06 bits per heavy atom. The number of anilines is 1. The van der Waals surface area contributed by atoms with Gasteiger partial charge in [-0.15, -0.1) is 0 Å². The highest BCUT2D eigenvalue weighted by molar-refractivity contribution is 7.21. The third-order valence-electron chi connectivity index (χ3n) is 5.59. The average Bonchev–Trinajstić information content (AvgIpc) is 3.45. The Morgan fingerprint density at radius 1 is 1.30 bits per heavy atom. The van der Waals surface area contributed by atoms with Crippen molar-refractivity contribution in [3.63, 3.8) is 0 Å². The molecule has 11 heteroatoms. The maximum atomic E-state index is 14.6. The second-order valence-corrected chi connectivity index (χ2v) is 8.78. The summed E-state index contributed by atoms with van der Waals surface area (Å²) in [6.45, 7) is 1.73. The molecular weight excluding hydrogens is 452 g/mol. The molecule has 33 heavy (non-hydrogen) atoms. The quantitative estimate of drug-likeness (QED) is 0.537. The fraction of sp³-hybridized carbons (Fsp3) is 0.455. The summed E-state index contributed by atoms with van der Waals surface area (Å²) < 4.78 is 34.7. The first kappa shape index (κ1) is 23.2. The predicted octanol–water partition coefficient (Wildman–Crippen LogP) is 2.90. The first-order valence-electron chi connectivity index (χ1n) is 10.7. The van der Waals surface area contributed by atoms with E-state index in [1.807, 2.05) is 35.2 Å². The van der Waals surface area contributed by atoms with Crippen LogP contribution in [0, 0.1) is 0 Å². The average molecular weight is 478 g/mol. The molecule has 0 aliphatic carbocycles. The first-order chi connectivity index (χ1) is 15.9. The van der Waals surface area contributed by atoms with Crippen molar-refractivity contribution in [1.29, 1.82) is 0 Å². The Morgan fingerprint density at radius 3 is 2.76 bits per heavy atom. The number of rotatable bonds is 8. The Hall–Kier alpha value is -2.92. The lowest BCUT2D eigenvalue weighted by molar-refractivity contribution is -0.122. The number of hydrogen-bond donors (Lipinski definition) is 1. The van der Waals surface area contributed by atoms with E-state index in [-0.39, 0.29) is 22.8 Å². The zero-order valence-electron chi connectivity index (χ0n) is 18.4. The van der Waals surface area contributed by atoms with Crippen LogP contribution in [0.15, 0.2) is 35.1 Å². The molecule has 0 saturated carbocycles. The van der Waals surface area contributed by atoms with Crippen molar-refractivity contribution < 1.29 is 18.3 Å². The van der Waals surface area contributed by atoms with Gasteiger partial charge in [-0.3, -0.25) is 14.2 Å². The molecule has 1 atom stereocenters. The number of nitrogens with zero attached hydrogens (tertiary/aromatic N) is 4. The monoisotopic (exact) mass is 477 g/mol. The number of halogens is 2. The van der Waals surface area contributed by atoms with E-state index in [1.54, 1.807) is 6.92 Å². The van der Waals surface area contributed by atoms with E-state index >= 15 is 0 Å². The number of benzene rings is 1. The number of carbonyl (C=O) groups excluding carboxylic acids is 1. The highest BCUT2D eigenvalue weighted by Crippen LogP contribution is 2.34. The van der Waals surface area contributed by atoms with Gasteiger partial charge in [-0.2, -0.15) is 8.78 Å². The number of carbonyl (C=O) groups is 1. The van der Waals surface area contributed by atoms with Crippen molar-refractivity contribution in [2.24, 2.45) is 0 Å². The molecule has 0 bridgehead atoms. The number of alkyl halides is 2. The molecule has 8 nitrogen and oxygen atoms in total. The minimum atomic E-state index is -3.42. The number of hydrogen-bond acceptors (Lipinski definition) is 7. The molecule has 4 rings (SSSR count). The van der Waals surface area contributed by atoms with Crippen molar-refractivity contribution in [3.8, 4) is 0 Å². The van der Waals surface area contributed by atoms with Gasteiger partial charge in [-0.25, -0.2) is 9.97 Å². The van der Waals surface area contributed by atoms with Crippen LogP contribution >= 0.6 is 11.3 Å². The van der Waals surface area contributed by atoms with Gasteiger partial charge in [0.2, 0.25) is 5.91 Å². The van der Waals surface area contributed by atoms with Crippen LogP contribution in [0.1, 0.15) is 31.2 Å². The second kappa shape index (κ2) is 9.52. The zero-order valence-corrected chi connectivity index (χ0v) is 19.2. The zero-order chi connectivity index (χ0) is 23.6. The molecule has 1 aromatic carbocycles. The largest absolute Gasteiger partial charge is 0.378 e. The molecule has 1 aliphatic rings. The van der Waals surface area contributed by atoms with E-state index in [0.717, 1.165) is 27.9 Å². The van der Waals surface area contributed by atoms with Crippen LogP contribution in [0.4, 0.5) is 13.9 Å². The van der Waals surface area contributed by atoms with Gasteiger partial charge >= 0.3 is 5.92 Å². The molecule has 1 fully saturated rings. The predicted molar refractivity (Wildman–Crippen MR) is 122 cm³/mol. The number of ether oxygens (including phenoxy) is 1. The number of methoxy groups -OCH3 is 1. The van der Waals surface area contributed by atoms with Gasteiger partial charge in [0.25, 0.3) is 5.56 Å². The van der Waals surface area contributed by atoms with Gasteiger partial charge in [0.1, 0.15) is 12.6 Å². The standard InChI is InChI=1S/C22H25F2N5O3S/c1-3-28-19(31)16-18(27-20(28)22(23,24)13-32-2)33-21(26-16)29-11-7-10-15(29)17(30)25-12-14-8-5-4-6-9-14/h4-6,8-9,15H,3,7,10-13H2,1-2H3,(H,25,30)/t15-/m1/s1. The maximum Gasteiger partial charge on any atom is 0.327 e. The van der Waals surface area contributed by atoms with E-state index in [0.29, 0.717) is 24.6 Å². The fourth-order valence-corrected chi connectivity index (χ4v) is 5.02. The Labute approximate surface area is 193 Å². The van der Waals surface area contributed by atoms with Crippen molar-refractivity contribution in [2.45, 2.75) is 44.8 Å². The Kier molecular flexibility index (Phi) is 6.71. The Balaban J connectivity index is 1.63. The molecular formula is C22H25F2N5O3S. The summed E-state index contributed by atoms with van der Waals surface area (Å²) in [4.78, 5) is 36.3. The van der Waals surface area contributed by atoms with Crippen LogP contribution in [-0.4, -0.2) is 46.7 Å². The van der Waals surface area contributed by atoms with E-state index in [9.17, 15) is 18.4 Å². The molecule has 0 radical (unpaired) electrons. The summed E-state index contributed by atoms with van der Waals surface area (Å²) >= 11 is 1.05. The van der Waals surface area contributed by atoms with Gasteiger partial charge < -0.3 is 15.0 Å². The van der Waals surface area contributed by atoms with Crippen LogP contribution < -0.4 is 15.8 Å². The second-order valence-electron chi connectivity index (χ2n) is 7.83. The normalized spacial score (nSPS) is 16.5. The van der Waals surface area contributed by atoms with Crippen LogP contribution in [-0.2, 0) is 28.5 Å². The minimum Gasteiger partial charge on any atom is -0.378 e. The van der Waals surface area contributed by atoms with Gasteiger partial charge in [0.05, 0.1) is 0 Å². The molecule has 3 aromatic rings. The van der Waals surface area contributed by atoms with Crippen LogP contribution in [0.2, 0.25) is 0 Å². The van der Waals surface area contributed by atoms with Crippen LogP contribution in [0.5, 0.6) is 0 Å². The van der Waals surface area contributed by atoms with Crippen LogP contribution in [0.25, 0.3) is 10.3 Å². The van der Waals surface area contributed by atoms with E-state index < -0.39 is 30.0 Å².